The predicted octanol–water partition coefficient (Wildman–Crippen LogP) is 1.81. The Hall–Kier alpha value is -1.95. The first-order valence-corrected chi connectivity index (χ1v) is 9.13. The Morgan fingerprint density at radius 3 is 2.48 bits per heavy atom. The van der Waals surface area contributed by atoms with Crippen LogP contribution in [0.4, 0.5) is 5.69 Å². The number of hydrogen-bond donors (Lipinski definition) is 2. The molecule has 7 heteroatoms. The molecule has 0 aromatic heterocycles. The monoisotopic (exact) mass is 365 g/mol. The van der Waals surface area contributed by atoms with E-state index in [0.717, 1.165) is 42.8 Å². The molecule has 0 bridgehead atoms. The van der Waals surface area contributed by atoms with Gasteiger partial charge in [-0.15, -0.1) is 0 Å². The molecule has 0 spiro atoms. The fourth-order valence-corrected chi connectivity index (χ4v) is 2.93. The van der Waals surface area contributed by atoms with Crippen molar-refractivity contribution in [3.05, 3.63) is 29.3 Å². The van der Waals surface area contributed by atoms with Gasteiger partial charge in [-0.05, 0) is 18.2 Å². The number of aliphatic imine (C=N–C) groups is 1. The van der Waals surface area contributed by atoms with E-state index in [4.69, 9.17) is 11.6 Å². The Morgan fingerprint density at radius 2 is 1.88 bits per heavy atom. The summed E-state index contributed by atoms with van der Waals surface area (Å²) in [7, 11) is 1.79. The second-order valence-electron chi connectivity index (χ2n) is 6.37. The molecule has 0 unspecified atom stereocenters. The molecule has 2 rings (SSSR count). The number of benzene rings is 1. The Kier molecular flexibility index (Phi) is 7.37. The second-order valence-corrected chi connectivity index (χ2v) is 6.81. The van der Waals surface area contributed by atoms with E-state index < -0.39 is 0 Å². The molecule has 138 valence electrons. The molecule has 1 aromatic carbocycles. The summed E-state index contributed by atoms with van der Waals surface area (Å²) in [6, 6.07) is 7.97. The summed E-state index contributed by atoms with van der Waals surface area (Å²) >= 11 is 6.08. The highest BCUT2D eigenvalue weighted by atomic mass is 35.5. The molecule has 0 saturated carbocycles. The first kappa shape index (κ1) is 19.4. The molecule has 1 amide bonds. The minimum absolute atomic E-state index is 0.0129. The summed E-state index contributed by atoms with van der Waals surface area (Å²) in [4.78, 5) is 20.5. The fourth-order valence-electron chi connectivity index (χ4n) is 2.75. The standard InChI is InChI=1S/C18H28ClN5O/c1-14(2)17(25)21-7-8-22-18(20-3)24-11-9-23(10-12-24)16-6-4-5-15(19)13-16/h4-6,13-14H,7-12H2,1-3H3,(H,20,22)(H,21,25). The van der Waals surface area contributed by atoms with Gasteiger partial charge >= 0.3 is 0 Å². The molecule has 25 heavy (non-hydrogen) atoms. The number of carbonyl (C=O) groups excluding carboxylic acids is 1. The molecule has 0 radical (unpaired) electrons. The maximum absolute atomic E-state index is 11.6. The number of amides is 1. The van der Waals surface area contributed by atoms with Crippen LogP contribution < -0.4 is 15.5 Å². The van der Waals surface area contributed by atoms with E-state index in [0.29, 0.717) is 13.1 Å². The van der Waals surface area contributed by atoms with Crippen molar-refractivity contribution in [2.75, 3.05) is 51.2 Å². The maximum atomic E-state index is 11.6. The summed E-state index contributed by atoms with van der Waals surface area (Å²) in [6.07, 6.45) is 0. The number of guanidine groups is 1. The first-order valence-electron chi connectivity index (χ1n) is 8.75. The lowest BCUT2D eigenvalue weighted by Gasteiger charge is -2.37. The summed E-state index contributed by atoms with van der Waals surface area (Å²) in [5.41, 5.74) is 1.16. The summed E-state index contributed by atoms with van der Waals surface area (Å²) in [5, 5.41) is 6.99. The molecular formula is C18H28ClN5O. The average Bonchev–Trinajstić information content (AvgIpc) is 2.62. The SMILES string of the molecule is CN=C(NCCNC(=O)C(C)C)N1CCN(c2cccc(Cl)c2)CC1. The van der Waals surface area contributed by atoms with Crippen LogP contribution in [-0.4, -0.2) is 63.1 Å². The van der Waals surface area contributed by atoms with Crippen LogP contribution in [0.3, 0.4) is 0 Å². The quantitative estimate of drug-likeness (QED) is 0.474. The average molecular weight is 366 g/mol. The van der Waals surface area contributed by atoms with Crippen LogP contribution in [0.25, 0.3) is 0 Å². The highest BCUT2D eigenvalue weighted by molar-refractivity contribution is 6.30. The van der Waals surface area contributed by atoms with Crippen LogP contribution in [0.5, 0.6) is 0 Å². The van der Waals surface area contributed by atoms with E-state index in [9.17, 15) is 4.79 Å². The number of carbonyl (C=O) groups is 1. The van der Waals surface area contributed by atoms with Gasteiger partial charge in [-0.1, -0.05) is 31.5 Å². The molecule has 1 heterocycles. The molecule has 6 nitrogen and oxygen atoms in total. The number of anilines is 1. The van der Waals surface area contributed by atoms with Crippen LogP contribution in [0.2, 0.25) is 5.02 Å². The van der Waals surface area contributed by atoms with Crippen LogP contribution >= 0.6 is 11.6 Å². The van der Waals surface area contributed by atoms with Crippen LogP contribution in [0, 0.1) is 5.92 Å². The Balaban J connectivity index is 1.77. The van der Waals surface area contributed by atoms with Crippen molar-refractivity contribution in [2.24, 2.45) is 10.9 Å². The van der Waals surface area contributed by atoms with Crippen molar-refractivity contribution in [2.45, 2.75) is 13.8 Å². The molecule has 1 aliphatic heterocycles. The normalized spacial score (nSPS) is 15.5. The lowest BCUT2D eigenvalue weighted by atomic mass is 10.2. The maximum Gasteiger partial charge on any atom is 0.222 e. The van der Waals surface area contributed by atoms with Crippen molar-refractivity contribution in [1.82, 2.24) is 15.5 Å². The van der Waals surface area contributed by atoms with E-state index in [1.165, 1.54) is 0 Å². The van der Waals surface area contributed by atoms with Gasteiger partial charge in [-0.2, -0.15) is 0 Å². The van der Waals surface area contributed by atoms with Gasteiger partial charge in [0.05, 0.1) is 0 Å². The summed E-state index contributed by atoms with van der Waals surface area (Å²) in [5.74, 6) is 0.968. The van der Waals surface area contributed by atoms with Gasteiger partial charge in [0.15, 0.2) is 5.96 Å². The van der Waals surface area contributed by atoms with Crippen molar-refractivity contribution in [3.8, 4) is 0 Å². The van der Waals surface area contributed by atoms with E-state index in [-0.39, 0.29) is 11.8 Å². The van der Waals surface area contributed by atoms with Gasteiger partial charge in [0.1, 0.15) is 0 Å². The van der Waals surface area contributed by atoms with Gasteiger partial charge < -0.3 is 20.4 Å². The van der Waals surface area contributed by atoms with E-state index >= 15 is 0 Å². The van der Waals surface area contributed by atoms with Gasteiger partial charge in [0, 0.05) is 62.9 Å². The molecule has 2 N–H and O–H groups in total. The fraction of sp³-hybridized carbons (Fsp3) is 0.556. The summed E-state index contributed by atoms with van der Waals surface area (Å²) in [6.45, 7) is 8.67. The smallest absolute Gasteiger partial charge is 0.222 e. The van der Waals surface area contributed by atoms with Crippen molar-refractivity contribution >= 4 is 29.2 Å². The van der Waals surface area contributed by atoms with Gasteiger partial charge in [-0.25, -0.2) is 0 Å². The minimum atomic E-state index is 0.0129. The van der Waals surface area contributed by atoms with Gasteiger partial charge in [-0.3, -0.25) is 9.79 Å². The van der Waals surface area contributed by atoms with Crippen molar-refractivity contribution < 1.29 is 4.79 Å². The number of rotatable bonds is 5. The van der Waals surface area contributed by atoms with E-state index in [1.54, 1.807) is 7.05 Å². The molecular weight excluding hydrogens is 338 g/mol. The molecule has 0 atom stereocenters. The predicted molar refractivity (Wildman–Crippen MR) is 104 cm³/mol. The third-order valence-electron chi connectivity index (χ3n) is 4.20. The van der Waals surface area contributed by atoms with Crippen molar-refractivity contribution in [3.63, 3.8) is 0 Å². The van der Waals surface area contributed by atoms with Crippen molar-refractivity contribution in [1.29, 1.82) is 0 Å². The zero-order valence-corrected chi connectivity index (χ0v) is 16.0. The molecule has 1 saturated heterocycles. The highest BCUT2D eigenvalue weighted by Crippen LogP contribution is 2.20. The molecule has 1 fully saturated rings. The van der Waals surface area contributed by atoms with Crippen LogP contribution in [-0.2, 0) is 4.79 Å². The van der Waals surface area contributed by atoms with Gasteiger partial charge in [0.25, 0.3) is 0 Å². The zero-order chi connectivity index (χ0) is 18.2. The molecule has 1 aliphatic rings. The Labute approximate surface area is 155 Å². The van der Waals surface area contributed by atoms with Gasteiger partial charge in [0.2, 0.25) is 5.91 Å². The number of halogens is 1. The van der Waals surface area contributed by atoms with Crippen LogP contribution in [0.1, 0.15) is 13.8 Å². The highest BCUT2D eigenvalue weighted by Gasteiger charge is 2.19. The third-order valence-corrected chi connectivity index (χ3v) is 4.43. The van der Waals surface area contributed by atoms with E-state index in [2.05, 4.69) is 31.5 Å². The van der Waals surface area contributed by atoms with Crippen LogP contribution in [0.15, 0.2) is 29.3 Å². The second kappa shape index (κ2) is 9.51. The first-order chi connectivity index (χ1) is 12.0. The number of piperazine rings is 1. The zero-order valence-electron chi connectivity index (χ0n) is 15.3. The van der Waals surface area contributed by atoms with E-state index in [1.807, 2.05) is 32.0 Å². The molecule has 1 aromatic rings. The Bertz CT molecular complexity index is 597. The largest absolute Gasteiger partial charge is 0.368 e. The molecule has 0 aliphatic carbocycles. The minimum Gasteiger partial charge on any atom is -0.368 e. The lowest BCUT2D eigenvalue weighted by Crippen LogP contribution is -2.53. The number of nitrogens with one attached hydrogen (secondary N) is 2. The third kappa shape index (κ3) is 5.81. The summed E-state index contributed by atoms with van der Waals surface area (Å²) < 4.78 is 0. The topological polar surface area (TPSA) is 60.0 Å². The number of nitrogens with zero attached hydrogens (tertiary/aromatic N) is 3. The number of hydrogen-bond acceptors (Lipinski definition) is 3. The lowest BCUT2D eigenvalue weighted by molar-refractivity contribution is -0.123. The Morgan fingerprint density at radius 1 is 1.20 bits per heavy atom.